The number of hydrogen-bond acceptors (Lipinski definition) is 8. The molecule has 0 saturated carbocycles. The third-order valence-electron chi connectivity index (χ3n) is 6.49. The van der Waals surface area contributed by atoms with Crippen molar-refractivity contribution in [3.8, 4) is 68.3 Å². The van der Waals surface area contributed by atoms with Crippen molar-refractivity contribution in [1.82, 2.24) is 0 Å². The van der Waals surface area contributed by atoms with Crippen LogP contribution >= 0.6 is 0 Å². The Morgan fingerprint density at radius 3 is 1.82 bits per heavy atom. The Morgan fingerprint density at radius 1 is 0.660 bits per heavy atom. The molecule has 10 N–H and O–H groups in total. The molecule has 0 unspecified atom stereocenters. The summed E-state index contributed by atoms with van der Waals surface area (Å²) in [5.74, 6) is -1.49. The Labute approximate surface area is 301 Å². The molecule has 267 valence electrons. The van der Waals surface area contributed by atoms with Crippen LogP contribution in [0.15, 0.2) is 86.4 Å². The quantitative estimate of drug-likeness (QED) is 0.145. The van der Waals surface area contributed by atoms with E-state index in [-0.39, 0.29) is 124 Å². The minimum Gasteiger partial charge on any atom is -0.592 e. The van der Waals surface area contributed by atoms with Crippen LogP contribution in [-0.4, -0.2) is 68.9 Å². The molecule has 0 saturated heterocycles. The fraction of sp³-hybridized carbons (Fsp3) is 0.143. The SMILES string of the molecule is C.CS(C)=[OH+].CS(C)=[OH+].O=c1cc(-c2ccc(O)c(-c3c(O)cc([OH2+])c4c(=[OH+])cc(-c5ccc(O)cc5)oc34)c2)oc2cc(O)cc(O)c12.[Co]. The van der Waals surface area contributed by atoms with Crippen LogP contribution < -0.4 is 10.9 Å². The molecule has 15 heteroatoms. The van der Waals surface area contributed by atoms with Gasteiger partial charge < -0.3 is 39.5 Å². The van der Waals surface area contributed by atoms with Crippen molar-refractivity contribution < 1.29 is 69.5 Å². The average Bonchev–Trinajstić information content (AvgIpc) is 2.96. The van der Waals surface area contributed by atoms with Crippen LogP contribution in [0.1, 0.15) is 7.43 Å². The van der Waals surface area contributed by atoms with Crippen LogP contribution in [0.5, 0.6) is 34.5 Å². The molecule has 0 atom stereocenters. The summed E-state index contributed by atoms with van der Waals surface area (Å²) in [5, 5.41) is 59.5. The molecule has 0 amide bonds. The van der Waals surface area contributed by atoms with Gasteiger partial charge in [0.05, 0.1) is 42.7 Å². The Hall–Kier alpha value is -5.09. The van der Waals surface area contributed by atoms with Gasteiger partial charge >= 0.3 is 5.43 Å². The molecule has 0 bridgehead atoms. The van der Waals surface area contributed by atoms with E-state index in [0.717, 1.165) is 18.2 Å². The smallest absolute Gasteiger partial charge is 0.364 e. The number of aromatic hydroxyl groups is 5. The molecule has 2 aromatic heterocycles. The first-order chi connectivity index (χ1) is 22.6. The van der Waals surface area contributed by atoms with Gasteiger partial charge in [-0.3, -0.25) is 18.0 Å². The van der Waals surface area contributed by atoms with Gasteiger partial charge in [-0.15, -0.1) is 0 Å². The summed E-state index contributed by atoms with van der Waals surface area (Å²) in [5.41, 5.74) is -0.295. The molecule has 1 radical (unpaired) electrons. The summed E-state index contributed by atoms with van der Waals surface area (Å²) in [6.07, 6.45) is 7.00. The molecule has 6 aromatic rings. The van der Waals surface area contributed by atoms with Gasteiger partial charge in [0.15, 0.2) is 32.6 Å². The summed E-state index contributed by atoms with van der Waals surface area (Å²) in [7, 11) is -0.722. The molecule has 0 aliphatic rings. The number of hydrogen-bond donors (Lipinski definition) is 5. The predicted molar refractivity (Wildman–Crippen MR) is 194 cm³/mol. The van der Waals surface area contributed by atoms with E-state index in [2.05, 4.69) is 0 Å². The van der Waals surface area contributed by atoms with E-state index >= 15 is 0 Å². The maximum Gasteiger partial charge on any atom is 0.364 e. The van der Waals surface area contributed by atoms with Gasteiger partial charge in [-0.25, -0.2) is 0 Å². The maximum absolute atomic E-state index is 12.8. The van der Waals surface area contributed by atoms with Crippen molar-refractivity contribution in [3.63, 3.8) is 0 Å². The van der Waals surface area contributed by atoms with Gasteiger partial charge in [0.1, 0.15) is 51.2 Å². The Morgan fingerprint density at radius 2 is 1.22 bits per heavy atom. The molecule has 0 aliphatic carbocycles. The predicted octanol–water partition coefficient (Wildman–Crippen LogP) is 5.45. The van der Waals surface area contributed by atoms with Gasteiger partial charge in [0.2, 0.25) is 5.39 Å². The van der Waals surface area contributed by atoms with E-state index in [1.807, 2.05) is 0 Å². The maximum atomic E-state index is 12.8. The van der Waals surface area contributed by atoms with E-state index in [0.29, 0.717) is 5.56 Å². The van der Waals surface area contributed by atoms with Gasteiger partial charge in [-0.1, -0.05) is 7.43 Å². The fourth-order valence-corrected chi connectivity index (χ4v) is 4.65. The summed E-state index contributed by atoms with van der Waals surface area (Å²) in [4.78, 5) is 23.6. The first-order valence-electron chi connectivity index (χ1n) is 13.8. The summed E-state index contributed by atoms with van der Waals surface area (Å²) in [6, 6.07) is 15.9. The van der Waals surface area contributed by atoms with E-state index in [9.17, 15) is 35.1 Å². The zero-order chi connectivity index (χ0) is 35.4. The van der Waals surface area contributed by atoms with Crippen LogP contribution in [0.2, 0.25) is 0 Å². The minimum absolute atomic E-state index is 0. The van der Waals surface area contributed by atoms with Crippen molar-refractivity contribution >= 4 is 43.5 Å². The fourth-order valence-electron chi connectivity index (χ4n) is 4.65. The standard InChI is InChI=1S/C30H18O10.2C2H6OS.CH4.Co/c31-15-4-1-13(2-5-15)24-12-23(38)29-21(36)10-20(35)27(30(29)40-24)17-7-14(3-6-18(17)33)25-11-22(37)28-19(34)8-16(32)9-26(28)39-25;2*1-4(2)3;;/h1-12,31-36H;2*1-2H3;1H4;/p+4. The van der Waals surface area contributed by atoms with E-state index in [1.165, 1.54) is 42.5 Å². The third kappa shape index (κ3) is 9.32. The van der Waals surface area contributed by atoms with Crippen molar-refractivity contribution in [2.45, 2.75) is 7.43 Å². The summed E-state index contributed by atoms with van der Waals surface area (Å²) >= 11 is 0. The minimum atomic E-state index is -0.575. The Balaban J connectivity index is 0.000000787. The van der Waals surface area contributed by atoms with Crippen molar-refractivity contribution in [2.75, 3.05) is 25.0 Å². The van der Waals surface area contributed by atoms with E-state index in [4.69, 9.17) is 22.4 Å². The largest absolute Gasteiger partial charge is 0.592 e. The number of phenolic OH excluding ortho intramolecular Hbond substituents is 5. The van der Waals surface area contributed by atoms with Gasteiger partial charge in [-0.05, 0) is 42.5 Å². The van der Waals surface area contributed by atoms with E-state index < -0.39 is 16.9 Å². The van der Waals surface area contributed by atoms with E-state index in [1.54, 1.807) is 37.2 Å². The van der Waals surface area contributed by atoms with Crippen molar-refractivity contribution in [2.24, 2.45) is 0 Å². The third-order valence-corrected chi connectivity index (χ3v) is 6.49. The molecule has 0 spiro atoms. The molecule has 0 aliphatic heterocycles. The van der Waals surface area contributed by atoms with Crippen molar-refractivity contribution in [1.29, 1.82) is 0 Å². The first-order valence-corrected chi connectivity index (χ1v) is 17.8. The number of fused-ring (bicyclic) bond motifs is 2. The normalized spacial score (nSPS) is 10.4. The molecule has 4 aromatic carbocycles. The second-order valence-electron chi connectivity index (χ2n) is 10.7. The first kappa shape index (κ1) is 41.1. The molecule has 0 fully saturated rings. The summed E-state index contributed by atoms with van der Waals surface area (Å²) < 4.78 is 28.0. The molecular weight excluding hydrogens is 735 g/mol. The second kappa shape index (κ2) is 17.0. The monoisotopic (exact) mass is 773 g/mol. The van der Waals surface area contributed by atoms with Crippen LogP contribution in [0.4, 0.5) is 0 Å². The Bertz CT molecular complexity index is 2310. The number of phenols is 5. The second-order valence-corrected chi connectivity index (χ2v) is 13.8. The molecule has 50 heavy (non-hydrogen) atoms. The van der Waals surface area contributed by atoms with Gasteiger partial charge in [0.25, 0.3) is 5.75 Å². The zero-order valence-corrected chi connectivity index (χ0v) is 29.1. The van der Waals surface area contributed by atoms with Gasteiger partial charge in [0, 0.05) is 51.7 Å². The molecule has 12 nitrogen and oxygen atoms in total. The topological polar surface area (TPSA) is 232 Å². The van der Waals surface area contributed by atoms with Crippen LogP contribution in [0.3, 0.4) is 0 Å². The van der Waals surface area contributed by atoms with Crippen LogP contribution in [0.25, 0.3) is 55.7 Å². The molecule has 2 heterocycles. The molecule has 6 rings (SSSR count). The zero-order valence-electron chi connectivity index (χ0n) is 26.4. The number of benzene rings is 4. The van der Waals surface area contributed by atoms with Gasteiger partial charge in [-0.2, -0.15) is 0 Å². The van der Waals surface area contributed by atoms with Crippen LogP contribution in [-0.2, 0) is 38.4 Å². The molecular formula is C35H38CoO12S2+4. The number of rotatable bonds is 3. The van der Waals surface area contributed by atoms with Crippen LogP contribution in [0, 0.1) is 0 Å². The summed E-state index contributed by atoms with van der Waals surface area (Å²) in [6.45, 7) is 0. The Kier molecular flexibility index (Phi) is 14.0. The average molecular weight is 774 g/mol. The van der Waals surface area contributed by atoms with Crippen molar-refractivity contribution in [3.05, 3.63) is 88.4 Å².